The van der Waals surface area contributed by atoms with Crippen LogP contribution in [0.5, 0.6) is 0 Å². The molecule has 0 radical (unpaired) electrons. The lowest BCUT2D eigenvalue weighted by atomic mass is 9.98. The van der Waals surface area contributed by atoms with Crippen molar-refractivity contribution in [2.24, 2.45) is 0 Å². The first-order valence-electron chi connectivity index (χ1n) is 9.47. The van der Waals surface area contributed by atoms with E-state index in [1.807, 2.05) is 0 Å². The largest absolute Gasteiger partial charge is 0.376 e. The van der Waals surface area contributed by atoms with E-state index in [0.717, 1.165) is 51.4 Å². The van der Waals surface area contributed by atoms with Crippen molar-refractivity contribution in [3.8, 4) is 0 Å². The van der Waals surface area contributed by atoms with Crippen molar-refractivity contribution in [2.45, 2.75) is 82.3 Å². The van der Waals surface area contributed by atoms with Gasteiger partial charge in [-0.15, -0.1) is 0 Å². The molecule has 140 valence electrons. The maximum absolute atomic E-state index is 13.6. The van der Waals surface area contributed by atoms with Crippen LogP contribution in [0.2, 0.25) is 5.02 Å². The fourth-order valence-electron chi connectivity index (χ4n) is 3.71. The molecule has 1 N–H and O–H groups in total. The summed E-state index contributed by atoms with van der Waals surface area (Å²) in [4.78, 5) is 0. The molecule has 1 aromatic carbocycles. The third-order valence-electron chi connectivity index (χ3n) is 5.16. The summed E-state index contributed by atoms with van der Waals surface area (Å²) in [6.07, 6.45) is 10.0. The van der Waals surface area contributed by atoms with Gasteiger partial charge in [0.15, 0.2) is 5.85 Å². The van der Waals surface area contributed by atoms with Crippen LogP contribution in [0.1, 0.15) is 75.6 Å². The van der Waals surface area contributed by atoms with Gasteiger partial charge in [0.05, 0.1) is 12.2 Å². The summed E-state index contributed by atoms with van der Waals surface area (Å²) < 4.78 is 25.6. The Morgan fingerprint density at radius 1 is 0.880 bits per heavy atom. The van der Waals surface area contributed by atoms with Crippen LogP contribution >= 0.6 is 19.2 Å². The van der Waals surface area contributed by atoms with Gasteiger partial charge in [0.1, 0.15) is 0 Å². The first-order chi connectivity index (χ1) is 12.1. The predicted molar refractivity (Wildman–Crippen MR) is 99.9 cm³/mol. The van der Waals surface area contributed by atoms with E-state index in [1.54, 1.807) is 24.3 Å². The molecule has 6 heteroatoms. The monoisotopic (exact) mass is 386 g/mol. The zero-order chi connectivity index (χ0) is 17.7. The van der Waals surface area contributed by atoms with Gasteiger partial charge in [-0.2, -0.15) is 0 Å². The SMILES string of the molecule is O=P(OC1CCCCC1)(OC1CCCCC1)C(O)c1ccc(Cl)cc1. The maximum atomic E-state index is 13.6. The van der Waals surface area contributed by atoms with Gasteiger partial charge < -0.3 is 14.2 Å². The second-order valence-electron chi connectivity index (χ2n) is 7.20. The average molecular weight is 387 g/mol. The average Bonchev–Trinajstić information content (AvgIpc) is 2.63. The van der Waals surface area contributed by atoms with Gasteiger partial charge >= 0.3 is 7.60 Å². The van der Waals surface area contributed by atoms with E-state index in [0.29, 0.717) is 10.6 Å². The molecule has 1 atom stereocenters. The molecule has 25 heavy (non-hydrogen) atoms. The molecule has 4 nitrogen and oxygen atoms in total. The fraction of sp³-hybridized carbons (Fsp3) is 0.684. The maximum Gasteiger partial charge on any atom is 0.363 e. The molecule has 0 aromatic heterocycles. The highest BCUT2D eigenvalue weighted by atomic mass is 35.5. The van der Waals surface area contributed by atoms with Crippen molar-refractivity contribution in [1.82, 2.24) is 0 Å². The second-order valence-corrected chi connectivity index (χ2v) is 9.62. The van der Waals surface area contributed by atoms with Crippen LogP contribution in [0.15, 0.2) is 24.3 Å². The smallest absolute Gasteiger partial charge is 0.363 e. The molecule has 0 aliphatic heterocycles. The summed E-state index contributed by atoms with van der Waals surface area (Å²) in [7, 11) is -3.67. The van der Waals surface area contributed by atoms with Crippen LogP contribution in [0, 0.1) is 0 Å². The van der Waals surface area contributed by atoms with E-state index in [9.17, 15) is 9.67 Å². The van der Waals surface area contributed by atoms with E-state index < -0.39 is 13.4 Å². The number of hydrogen-bond acceptors (Lipinski definition) is 4. The Morgan fingerprint density at radius 2 is 1.32 bits per heavy atom. The summed E-state index contributed by atoms with van der Waals surface area (Å²) in [6.45, 7) is 0. The molecular formula is C19H28ClO4P. The van der Waals surface area contributed by atoms with Crippen LogP contribution in [-0.2, 0) is 13.6 Å². The van der Waals surface area contributed by atoms with E-state index in [1.165, 1.54) is 12.8 Å². The van der Waals surface area contributed by atoms with Crippen molar-refractivity contribution in [3.05, 3.63) is 34.9 Å². The molecule has 2 fully saturated rings. The lowest BCUT2D eigenvalue weighted by Gasteiger charge is -2.33. The lowest BCUT2D eigenvalue weighted by Crippen LogP contribution is -2.22. The van der Waals surface area contributed by atoms with Crippen LogP contribution in [0.4, 0.5) is 0 Å². The summed E-state index contributed by atoms with van der Waals surface area (Å²) in [5.41, 5.74) is 0.527. The molecule has 0 amide bonds. The Kier molecular flexibility index (Phi) is 6.99. The van der Waals surface area contributed by atoms with Crippen molar-refractivity contribution in [2.75, 3.05) is 0 Å². The molecule has 0 spiro atoms. The van der Waals surface area contributed by atoms with Crippen molar-refractivity contribution in [3.63, 3.8) is 0 Å². The summed E-state index contributed by atoms with van der Waals surface area (Å²) >= 11 is 5.93. The number of benzene rings is 1. The molecular weight excluding hydrogens is 359 g/mol. The molecule has 1 aromatic rings. The third kappa shape index (κ3) is 5.30. The topological polar surface area (TPSA) is 55.8 Å². The van der Waals surface area contributed by atoms with Gasteiger partial charge in [0, 0.05) is 5.02 Å². The summed E-state index contributed by atoms with van der Waals surface area (Å²) in [5.74, 6) is -1.27. The van der Waals surface area contributed by atoms with E-state index >= 15 is 0 Å². The quantitative estimate of drug-likeness (QED) is 0.589. The highest BCUT2D eigenvalue weighted by Crippen LogP contribution is 2.62. The van der Waals surface area contributed by atoms with Crippen LogP contribution < -0.4 is 0 Å². The number of aliphatic hydroxyl groups is 1. The van der Waals surface area contributed by atoms with Crippen molar-refractivity contribution in [1.29, 1.82) is 0 Å². The Labute approximate surface area is 155 Å². The lowest BCUT2D eigenvalue weighted by molar-refractivity contribution is 0.0545. The van der Waals surface area contributed by atoms with Gasteiger partial charge in [0.2, 0.25) is 0 Å². The highest BCUT2D eigenvalue weighted by Gasteiger charge is 2.41. The minimum Gasteiger partial charge on any atom is -0.376 e. The molecule has 3 rings (SSSR count). The number of hydrogen-bond donors (Lipinski definition) is 1. The minimum absolute atomic E-state index is 0.0925. The second kappa shape index (κ2) is 9.01. The fourth-order valence-corrected chi connectivity index (χ4v) is 5.91. The standard InChI is InChI=1S/C19H28ClO4P/c20-16-13-11-15(12-14-16)19(21)25(22,23-17-7-3-1-4-8-17)24-18-9-5-2-6-10-18/h11-14,17-19,21H,1-10H2. The van der Waals surface area contributed by atoms with Gasteiger partial charge in [-0.1, -0.05) is 62.3 Å². The first kappa shape index (κ1) is 19.4. The number of halogens is 1. The Hall–Kier alpha value is -0.380. The molecule has 2 saturated carbocycles. The number of aliphatic hydroxyl groups excluding tert-OH is 1. The number of rotatable bonds is 6. The predicted octanol–water partition coefficient (Wildman–Crippen LogP) is 6.22. The van der Waals surface area contributed by atoms with Crippen LogP contribution in [0.25, 0.3) is 0 Å². The molecule has 0 saturated heterocycles. The third-order valence-corrected chi connectivity index (χ3v) is 7.50. The minimum atomic E-state index is -3.67. The van der Waals surface area contributed by atoms with E-state index in [-0.39, 0.29) is 12.2 Å². The zero-order valence-corrected chi connectivity index (χ0v) is 16.3. The van der Waals surface area contributed by atoms with Crippen molar-refractivity contribution >= 4 is 19.2 Å². The zero-order valence-electron chi connectivity index (χ0n) is 14.6. The van der Waals surface area contributed by atoms with Crippen molar-refractivity contribution < 1.29 is 18.7 Å². The molecule has 2 aliphatic rings. The first-order valence-corrected chi connectivity index (χ1v) is 11.5. The van der Waals surface area contributed by atoms with Gasteiger partial charge in [0.25, 0.3) is 0 Å². The van der Waals surface area contributed by atoms with Gasteiger partial charge in [-0.05, 0) is 43.4 Å². The van der Waals surface area contributed by atoms with Crippen LogP contribution in [-0.4, -0.2) is 17.3 Å². The molecule has 2 aliphatic carbocycles. The van der Waals surface area contributed by atoms with Crippen LogP contribution in [0.3, 0.4) is 0 Å². The molecule has 0 heterocycles. The molecule has 0 bridgehead atoms. The highest BCUT2D eigenvalue weighted by molar-refractivity contribution is 7.54. The summed E-state index contributed by atoms with van der Waals surface area (Å²) in [6, 6.07) is 6.75. The molecule has 1 unspecified atom stereocenters. The Bertz CT molecular complexity index is 556. The van der Waals surface area contributed by atoms with Gasteiger partial charge in [-0.3, -0.25) is 4.57 Å². The van der Waals surface area contributed by atoms with E-state index in [4.69, 9.17) is 20.6 Å². The Balaban J connectivity index is 1.78. The van der Waals surface area contributed by atoms with E-state index in [2.05, 4.69) is 0 Å². The summed E-state index contributed by atoms with van der Waals surface area (Å²) in [5, 5.41) is 11.4. The van der Waals surface area contributed by atoms with Gasteiger partial charge in [-0.25, -0.2) is 0 Å². The Morgan fingerprint density at radius 3 is 1.76 bits per heavy atom. The normalized spacial score (nSPS) is 22.0.